The third kappa shape index (κ3) is 7.80. The molecular weight excluding hydrogens is 651 g/mol. The topological polar surface area (TPSA) is 113 Å². The molecule has 2 aromatic carbocycles. The number of rotatable bonds is 11. The average molecular weight is 697 g/mol. The lowest BCUT2D eigenvalue weighted by atomic mass is 9.87. The van der Waals surface area contributed by atoms with Crippen LogP contribution in [0.5, 0.6) is 0 Å². The highest BCUT2D eigenvalue weighted by molar-refractivity contribution is 6.34. The van der Waals surface area contributed by atoms with Gasteiger partial charge in [0.1, 0.15) is 5.82 Å². The Balaban J connectivity index is 1.18. The third-order valence-corrected chi connectivity index (χ3v) is 10.8. The average Bonchev–Trinajstić information content (AvgIpc) is 3.64. The molecule has 1 saturated carbocycles. The molecule has 3 heterocycles. The quantitative estimate of drug-likeness (QED) is 0.257. The summed E-state index contributed by atoms with van der Waals surface area (Å²) in [5, 5.41) is 13.1. The van der Waals surface area contributed by atoms with Gasteiger partial charge in [0, 0.05) is 37.3 Å². The lowest BCUT2D eigenvalue weighted by Crippen LogP contribution is -2.49. The predicted molar refractivity (Wildman–Crippen MR) is 185 cm³/mol. The molecule has 2 saturated heterocycles. The molecule has 3 aromatic rings. The van der Waals surface area contributed by atoms with Crippen molar-refractivity contribution >= 4 is 46.0 Å². The fourth-order valence-corrected chi connectivity index (χ4v) is 8.07. The number of carbonyl (C=O) groups is 3. The fraction of sp³-hybridized carbons (Fsp3) is 0.541. The molecule has 3 atom stereocenters. The van der Waals surface area contributed by atoms with Crippen molar-refractivity contribution in [3.63, 3.8) is 0 Å². The Hall–Kier alpha value is -3.51. The van der Waals surface area contributed by atoms with E-state index in [4.69, 9.17) is 21.1 Å². The molecule has 6 rings (SSSR count). The molecule has 2 amide bonds. The molecule has 12 heteroatoms. The maximum Gasteiger partial charge on any atom is 0.306 e. The van der Waals surface area contributed by atoms with E-state index in [9.17, 15) is 19.5 Å². The number of halogens is 2. The number of para-hydroxylation sites is 1. The highest BCUT2D eigenvalue weighted by atomic mass is 35.5. The largest absolute Gasteiger partial charge is 0.481 e. The minimum atomic E-state index is -0.764. The van der Waals surface area contributed by atoms with E-state index in [2.05, 4.69) is 10.2 Å². The Kier molecular flexibility index (Phi) is 11.2. The first-order valence-electron chi connectivity index (χ1n) is 17.5. The van der Waals surface area contributed by atoms with E-state index >= 15 is 4.39 Å². The van der Waals surface area contributed by atoms with Crippen molar-refractivity contribution in [1.82, 2.24) is 14.4 Å². The van der Waals surface area contributed by atoms with Crippen LogP contribution >= 0.6 is 11.6 Å². The van der Waals surface area contributed by atoms with Gasteiger partial charge in [-0.2, -0.15) is 0 Å². The standard InChI is InChI=1S/C37H46ClFN4O6/c1-3-48-35-32(42-15-7-4-8-16-42)21-43(33(35)22-49-25-13-11-23(12-14-25)37(46)47)34(44)18-24-17-28(38)30(19-29(24)39)40-36(45)27-20-41(2)31-10-6-5-9-26(27)31/h5-6,9-10,17,19-20,23,25,32-33,35H,3-4,7-8,11-16,18,21-22H2,1-2H3,(H,40,45)(H,46,47)/t23?,25?,32-,33-,35?/m1/s1. The van der Waals surface area contributed by atoms with Gasteiger partial charge in [-0.05, 0) is 82.3 Å². The summed E-state index contributed by atoms with van der Waals surface area (Å²) < 4.78 is 30.2. The minimum Gasteiger partial charge on any atom is -0.481 e. The number of nitrogens with zero attached hydrogens (tertiary/aromatic N) is 3. The lowest BCUT2D eigenvalue weighted by Gasteiger charge is -2.36. The minimum absolute atomic E-state index is 0.0133. The second kappa shape index (κ2) is 15.6. The fourth-order valence-electron chi connectivity index (χ4n) is 7.84. The number of aromatic nitrogens is 1. The van der Waals surface area contributed by atoms with Crippen LogP contribution in [0.15, 0.2) is 42.6 Å². The second-order valence-corrected chi connectivity index (χ2v) is 14.0. The highest BCUT2D eigenvalue weighted by Crippen LogP contribution is 2.33. The number of carboxylic acids is 1. The van der Waals surface area contributed by atoms with Crippen LogP contribution in [-0.4, -0.2) is 94.4 Å². The number of aliphatic carboxylic acids is 1. The van der Waals surface area contributed by atoms with Crippen LogP contribution in [0.1, 0.15) is 67.8 Å². The molecule has 264 valence electrons. The Labute approximate surface area is 291 Å². The van der Waals surface area contributed by atoms with Gasteiger partial charge in [0.25, 0.3) is 5.91 Å². The number of likely N-dealkylation sites (tertiary alicyclic amines) is 2. The number of amides is 2. The smallest absolute Gasteiger partial charge is 0.306 e. The molecule has 1 aromatic heterocycles. The zero-order chi connectivity index (χ0) is 34.7. The van der Waals surface area contributed by atoms with Crippen LogP contribution in [0.4, 0.5) is 10.1 Å². The van der Waals surface area contributed by atoms with Gasteiger partial charge >= 0.3 is 5.97 Å². The molecule has 2 N–H and O–H groups in total. The molecule has 49 heavy (non-hydrogen) atoms. The second-order valence-electron chi connectivity index (χ2n) is 13.6. The molecule has 1 unspecified atom stereocenters. The SMILES string of the molecule is CCOC1[C@H](N2CCCCC2)CN(C(=O)Cc2cc(Cl)c(NC(=O)c3cn(C)c4ccccc34)cc2F)[C@@H]1COC1CCC(C(=O)O)CC1. The van der Waals surface area contributed by atoms with Gasteiger partial charge in [0.15, 0.2) is 0 Å². The molecule has 0 spiro atoms. The van der Waals surface area contributed by atoms with Crippen molar-refractivity contribution < 1.29 is 33.4 Å². The van der Waals surface area contributed by atoms with Crippen LogP contribution < -0.4 is 5.32 Å². The number of hydrogen-bond acceptors (Lipinski definition) is 6. The summed E-state index contributed by atoms with van der Waals surface area (Å²) in [6.07, 6.45) is 6.94. The normalized spacial score (nSPS) is 24.7. The monoisotopic (exact) mass is 696 g/mol. The third-order valence-electron chi connectivity index (χ3n) is 10.5. The maximum absolute atomic E-state index is 15.6. The Bertz CT molecular complexity index is 1670. The number of nitrogens with one attached hydrogen (secondary N) is 1. The van der Waals surface area contributed by atoms with Crippen LogP contribution in [0.3, 0.4) is 0 Å². The molecule has 3 fully saturated rings. The van der Waals surface area contributed by atoms with Crippen LogP contribution in [0.25, 0.3) is 10.9 Å². The van der Waals surface area contributed by atoms with Crippen molar-refractivity contribution in [3.8, 4) is 0 Å². The zero-order valence-electron chi connectivity index (χ0n) is 28.2. The van der Waals surface area contributed by atoms with E-state index in [1.54, 1.807) is 11.1 Å². The van der Waals surface area contributed by atoms with Crippen LogP contribution in [-0.2, 0) is 32.5 Å². The molecule has 0 bridgehead atoms. The number of ether oxygens (including phenoxy) is 2. The first kappa shape index (κ1) is 35.3. The van der Waals surface area contributed by atoms with Gasteiger partial charge in [-0.15, -0.1) is 0 Å². The molecule has 3 aliphatic rings. The summed E-state index contributed by atoms with van der Waals surface area (Å²) in [6, 6.07) is 9.71. The molecule has 10 nitrogen and oxygen atoms in total. The molecule has 1 aliphatic carbocycles. The number of carboxylic acid groups (broad SMARTS) is 1. The number of fused-ring (bicyclic) bond motifs is 1. The van der Waals surface area contributed by atoms with E-state index in [1.165, 1.54) is 18.6 Å². The summed E-state index contributed by atoms with van der Waals surface area (Å²) in [5.74, 6) is -2.41. The van der Waals surface area contributed by atoms with Crippen molar-refractivity contribution in [3.05, 3.63) is 64.6 Å². The van der Waals surface area contributed by atoms with Crippen LogP contribution in [0.2, 0.25) is 5.02 Å². The van der Waals surface area contributed by atoms with Crippen molar-refractivity contribution in [1.29, 1.82) is 0 Å². The van der Waals surface area contributed by atoms with Gasteiger partial charge in [-0.1, -0.05) is 36.2 Å². The van der Waals surface area contributed by atoms with Crippen LogP contribution in [0, 0.1) is 11.7 Å². The van der Waals surface area contributed by atoms with Gasteiger partial charge in [-0.3, -0.25) is 19.3 Å². The van der Waals surface area contributed by atoms with E-state index in [0.29, 0.717) is 44.4 Å². The number of hydrogen-bond donors (Lipinski definition) is 2. The van der Waals surface area contributed by atoms with Gasteiger partial charge in [0.2, 0.25) is 5.91 Å². The summed E-state index contributed by atoms with van der Waals surface area (Å²) >= 11 is 6.59. The van der Waals surface area contributed by atoms with Crippen molar-refractivity contribution in [2.75, 3.05) is 38.2 Å². The van der Waals surface area contributed by atoms with E-state index < -0.39 is 17.7 Å². The highest BCUT2D eigenvalue weighted by Gasteiger charge is 2.47. The van der Waals surface area contributed by atoms with E-state index in [0.717, 1.165) is 36.8 Å². The number of piperidine rings is 1. The van der Waals surface area contributed by atoms with Gasteiger partial charge in [0.05, 0.1) is 59.5 Å². The Morgan fingerprint density at radius 1 is 1.04 bits per heavy atom. The first-order valence-corrected chi connectivity index (χ1v) is 17.8. The predicted octanol–water partition coefficient (Wildman–Crippen LogP) is 5.90. The van der Waals surface area contributed by atoms with Gasteiger partial charge < -0.3 is 29.4 Å². The summed E-state index contributed by atoms with van der Waals surface area (Å²) in [7, 11) is 1.85. The molecule has 2 aliphatic heterocycles. The Morgan fingerprint density at radius 2 is 1.78 bits per heavy atom. The van der Waals surface area contributed by atoms with Crippen molar-refractivity contribution in [2.24, 2.45) is 13.0 Å². The van der Waals surface area contributed by atoms with E-state index in [-0.39, 0.29) is 65.4 Å². The lowest BCUT2D eigenvalue weighted by molar-refractivity contribution is -0.144. The number of anilines is 1. The number of aryl methyl sites for hydroxylation is 1. The first-order chi connectivity index (χ1) is 23.6. The van der Waals surface area contributed by atoms with Crippen molar-refractivity contribution in [2.45, 2.75) is 82.6 Å². The summed E-state index contributed by atoms with van der Waals surface area (Å²) in [6.45, 7) is 4.98. The maximum atomic E-state index is 15.6. The molecule has 0 radical (unpaired) electrons. The molecular formula is C37H46ClFN4O6. The summed E-state index contributed by atoms with van der Waals surface area (Å²) in [5.41, 5.74) is 1.60. The van der Waals surface area contributed by atoms with E-state index in [1.807, 2.05) is 42.8 Å². The number of carbonyl (C=O) groups excluding carboxylic acids is 2. The summed E-state index contributed by atoms with van der Waals surface area (Å²) in [4.78, 5) is 42.9. The zero-order valence-corrected chi connectivity index (χ0v) is 29.0. The van der Waals surface area contributed by atoms with Gasteiger partial charge in [-0.25, -0.2) is 4.39 Å². The Morgan fingerprint density at radius 3 is 2.49 bits per heavy atom. The number of benzene rings is 2.